The normalized spacial score (nSPS) is 27.5. The second-order valence-corrected chi connectivity index (χ2v) is 3.21. The Morgan fingerprint density at radius 3 is 2.50 bits per heavy atom. The lowest BCUT2D eigenvalue weighted by molar-refractivity contribution is -0.133. The maximum absolute atomic E-state index is 11.3. The van der Waals surface area contributed by atoms with Gasteiger partial charge in [-0.2, -0.15) is 0 Å². The number of rotatable bonds is 1. The Morgan fingerprint density at radius 2 is 2.17 bits per heavy atom. The monoisotopic (exact) mass is 168 g/mol. The van der Waals surface area contributed by atoms with Gasteiger partial charge in [0.1, 0.15) is 0 Å². The molecular formula is C9H12O3. The summed E-state index contributed by atoms with van der Waals surface area (Å²) in [6.07, 6.45) is 1.41. The van der Waals surface area contributed by atoms with Crippen LogP contribution in [0.4, 0.5) is 0 Å². The molecular weight excluding hydrogens is 156 g/mol. The van der Waals surface area contributed by atoms with Crippen molar-refractivity contribution in [3.05, 3.63) is 11.1 Å². The number of carbonyl (C=O) groups excluding carboxylic acids is 1. The van der Waals surface area contributed by atoms with Crippen LogP contribution in [0.15, 0.2) is 11.1 Å². The van der Waals surface area contributed by atoms with Gasteiger partial charge in [-0.3, -0.25) is 4.79 Å². The molecule has 1 rings (SSSR count). The largest absolute Gasteiger partial charge is 0.478 e. The predicted octanol–water partition coefficient (Wildman–Crippen LogP) is 1.39. The van der Waals surface area contributed by atoms with Crippen LogP contribution >= 0.6 is 0 Å². The SMILES string of the molecule is C/C(C(=O)O)=C1\CCC(C)C1=O. The Balaban J connectivity index is 2.97. The molecule has 0 radical (unpaired) electrons. The third-order valence-corrected chi connectivity index (χ3v) is 2.35. The summed E-state index contributed by atoms with van der Waals surface area (Å²) in [5, 5.41) is 8.64. The van der Waals surface area contributed by atoms with Crippen LogP contribution in [0.3, 0.4) is 0 Å². The van der Waals surface area contributed by atoms with Crippen molar-refractivity contribution in [1.82, 2.24) is 0 Å². The van der Waals surface area contributed by atoms with E-state index in [0.717, 1.165) is 6.42 Å². The first-order valence-electron chi connectivity index (χ1n) is 4.01. The number of carboxylic acid groups (broad SMARTS) is 1. The van der Waals surface area contributed by atoms with Crippen LogP contribution in [0.2, 0.25) is 0 Å². The lowest BCUT2D eigenvalue weighted by Crippen LogP contribution is -2.08. The summed E-state index contributed by atoms with van der Waals surface area (Å²) >= 11 is 0. The zero-order chi connectivity index (χ0) is 9.30. The summed E-state index contributed by atoms with van der Waals surface area (Å²) in [4.78, 5) is 21.9. The zero-order valence-electron chi connectivity index (χ0n) is 7.26. The third kappa shape index (κ3) is 1.40. The highest BCUT2D eigenvalue weighted by Gasteiger charge is 2.28. The molecule has 0 saturated heterocycles. The fourth-order valence-electron chi connectivity index (χ4n) is 1.41. The molecule has 66 valence electrons. The highest BCUT2D eigenvalue weighted by molar-refractivity contribution is 6.05. The summed E-state index contributed by atoms with van der Waals surface area (Å²) in [7, 11) is 0. The lowest BCUT2D eigenvalue weighted by Gasteiger charge is -1.99. The van der Waals surface area contributed by atoms with Crippen LogP contribution in [-0.4, -0.2) is 16.9 Å². The van der Waals surface area contributed by atoms with Crippen LogP contribution in [0.5, 0.6) is 0 Å². The molecule has 0 amide bonds. The number of allylic oxidation sites excluding steroid dienone is 1. The molecule has 0 aromatic carbocycles. The molecule has 1 atom stereocenters. The number of ketones is 1. The molecule has 12 heavy (non-hydrogen) atoms. The molecule has 0 heterocycles. The standard InChI is InChI=1S/C9H12O3/c1-5-3-4-7(8(5)10)6(2)9(11)12/h5H,3-4H2,1-2H3,(H,11,12)/b7-6-. The van der Waals surface area contributed by atoms with Gasteiger partial charge in [-0.1, -0.05) is 6.92 Å². The van der Waals surface area contributed by atoms with Gasteiger partial charge in [0.2, 0.25) is 0 Å². The van der Waals surface area contributed by atoms with Gasteiger partial charge in [-0.25, -0.2) is 4.79 Å². The molecule has 3 heteroatoms. The number of carbonyl (C=O) groups is 2. The van der Waals surface area contributed by atoms with Gasteiger partial charge in [0.25, 0.3) is 0 Å². The van der Waals surface area contributed by atoms with Crippen molar-refractivity contribution in [2.45, 2.75) is 26.7 Å². The van der Waals surface area contributed by atoms with E-state index >= 15 is 0 Å². The van der Waals surface area contributed by atoms with Crippen LogP contribution < -0.4 is 0 Å². The molecule has 0 aromatic heterocycles. The Morgan fingerprint density at radius 1 is 1.58 bits per heavy atom. The molecule has 0 aliphatic heterocycles. The summed E-state index contributed by atoms with van der Waals surface area (Å²) in [5.74, 6) is -0.961. The Labute approximate surface area is 71.1 Å². The zero-order valence-corrected chi connectivity index (χ0v) is 7.26. The van der Waals surface area contributed by atoms with E-state index in [0.29, 0.717) is 12.0 Å². The van der Waals surface area contributed by atoms with Crippen molar-refractivity contribution in [1.29, 1.82) is 0 Å². The fourth-order valence-corrected chi connectivity index (χ4v) is 1.41. The van der Waals surface area contributed by atoms with Crippen molar-refractivity contribution >= 4 is 11.8 Å². The smallest absolute Gasteiger partial charge is 0.331 e. The summed E-state index contributed by atoms with van der Waals surface area (Å²) in [6.45, 7) is 3.33. The van der Waals surface area contributed by atoms with E-state index in [-0.39, 0.29) is 17.3 Å². The summed E-state index contributed by atoms with van der Waals surface area (Å²) in [5.41, 5.74) is 0.722. The second kappa shape index (κ2) is 3.09. The molecule has 0 spiro atoms. The predicted molar refractivity (Wildman–Crippen MR) is 43.7 cm³/mol. The number of carboxylic acids is 1. The molecule has 0 bridgehead atoms. The van der Waals surface area contributed by atoms with Crippen LogP contribution in [0.1, 0.15) is 26.7 Å². The molecule has 3 nitrogen and oxygen atoms in total. The lowest BCUT2D eigenvalue weighted by atomic mass is 10.1. The minimum Gasteiger partial charge on any atom is -0.478 e. The van der Waals surface area contributed by atoms with Gasteiger partial charge in [-0.15, -0.1) is 0 Å². The topological polar surface area (TPSA) is 54.4 Å². The fraction of sp³-hybridized carbons (Fsp3) is 0.556. The first-order valence-corrected chi connectivity index (χ1v) is 4.01. The number of hydrogen-bond donors (Lipinski definition) is 1. The number of hydrogen-bond acceptors (Lipinski definition) is 2. The van der Waals surface area contributed by atoms with Gasteiger partial charge in [-0.05, 0) is 19.8 Å². The van der Waals surface area contributed by atoms with Crippen LogP contribution in [0.25, 0.3) is 0 Å². The van der Waals surface area contributed by atoms with Gasteiger partial charge in [0, 0.05) is 17.1 Å². The Bertz CT molecular complexity index is 263. The Hall–Kier alpha value is -1.12. The van der Waals surface area contributed by atoms with E-state index < -0.39 is 5.97 Å². The first-order chi connectivity index (χ1) is 5.54. The highest BCUT2D eigenvalue weighted by atomic mass is 16.4. The molecule has 1 saturated carbocycles. The summed E-state index contributed by atoms with van der Waals surface area (Å²) < 4.78 is 0. The van der Waals surface area contributed by atoms with Gasteiger partial charge in [0.05, 0.1) is 0 Å². The van der Waals surface area contributed by atoms with Crippen molar-refractivity contribution in [2.75, 3.05) is 0 Å². The molecule has 1 fully saturated rings. The third-order valence-electron chi connectivity index (χ3n) is 2.35. The molecule has 1 aliphatic rings. The first kappa shape index (κ1) is 8.97. The molecule has 1 N–H and O–H groups in total. The van der Waals surface area contributed by atoms with Crippen molar-refractivity contribution < 1.29 is 14.7 Å². The minimum atomic E-state index is -0.979. The average molecular weight is 168 g/mol. The van der Waals surface area contributed by atoms with E-state index in [4.69, 9.17) is 5.11 Å². The van der Waals surface area contributed by atoms with Crippen LogP contribution in [0, 0.1) is 5.92 Å². The minimum absolute atomic E-state index is 0.00861. The number of Topliss-reactive ketones (excluding diaryl/α,β-unsaturated/α-hetero) is 1. The van der Waals surface area contributed by atoms with Gasteiger partial charge in [0.15, 0.2) is 5.78 Å². The number of aliphatic carboxylic acids is 1. The van der Waals surface area contributed by atoms with Crippen molar-refractivity contribution in [3.8, 4) is 0 Å². The van der Waals surface area contributed by atoms with Crippen LogP contribution in [-0.2, 0) is 9.59 Å². The summed E-state index contributed by atoms with van der Waals surface area (Å²) in [6, 6.07) is 0. The highest BCUT2D eigenvalue weighted by Crippen LogP contribution is 2.28. The van der Waals surface area contributed by atoms with Gasteiger partial charge >= 0.3 is 5.97 Å². The maximum Gasteiger partial charge on any atom is 0.331 e. The van der Waals surface area contributed by atoms with E-state index in [1.807, 2.05) is 6.92 Å². The molecule has 0 aromatic rings. The van der Waals surface area contributed by atoms with E-state index in [9.17, 15) is 9.59 Å². The average Bonchev–Trinajstić information content (AvgIpc) is 2.32. The Kier molecular flexibility index (Phi) is 2.31. The maximum atomic E-state index is 11.3. The van der Waals surface area contributed by atoms with Crippen molar-refractivity contribution in [2.24, 2.45) is 5.92 Å². The van der Waals surface area contributed by atoms with Crippen molar-refractivity contribution in [3.63, 3.8) is 0 Å². The van der Waals surface area contributed by atoms with E-state index in [2.05, 4.69) is 0 Å². The second-order valence-electron chi connectivity index (χ2n) is 3.21. The van der Waals surface area contributed by atoms with E-state index in [1.165, 1.54) is 6.92 Å². The molecule has 1 unspecified atom stereocenters. The quantitative estimate of drug-likeness (QED) is 0.602. The molecule has 1 aliphatic carbocycles. The van der Waals surface area contributed by atoms with E-state index in [1.54, 1.807) is 0 Å². The van der Waals surface area contributed by atoms with Gasteiger partial charge < -0.3 is 5.11 Å².